The van der Waals surface area contributed by atoms with Gasteiger partial charge in [0.25, 0.3) is 0 Å². The number of halogens is 1. The van der Waals surface area contributed by atoms with Crippen molar-refractivity contribution in [3.63, 3.8) is 0 Å². The summed E-state index contributed by atoms with van der Waals surface area (Å²) in [6.07, 6.45) is 0. The van der Waals surface area contributed by atoms with E-state index in [0.29, 0.717) is 11.6 Å². The molecule has 0 aromatic heterocycles. The summed E-state index contributed by atoms with van der Waals surface area (Å²) < 4.78 is 5.87. The minimum Gasteiger partial charge on any atom is -0.487 e. The van der Waals surface area contributed by atoms with Gasteiger partial charge in [0.05, 0.1) is 5.02 Å². The standard InChI is InChI=1S/C18H22ClNO/c1-12-5-6-13(2)16(9-12)11-21-18-8-7-15(10-17(18)19)14(3)20-4/h5-10,14,20H,11H2,1-4H3. The minimum atomic E-state index is 0.274. The molecule has 0 saturated heterocycles. The van der Waals surface area contributed by atoms with Crippen LogP contribution >= 0.6 is 11.6 Å². The van der Waals surface area contributed by atoms with E-state index in [1.807, 2.05) is 25.2 Å². The number of nitrogens with one attached hydrogen (secondary N) is 1. The first-order valence-corrected chi connectivity index (χ1v) is 7.54. The van der Waals surface area contributed by atoms with Crippen LogP contribution in [0.15, 0.2) is 36.4 Å². The van der Waals surface area contributed by atoms with E-state index in [1.54, 1.807) is 0 Å². The van der Waals surface area contributed by atoms with Crippen molar-refractivity contribution in [2.45, 2.75) is 33.4 Å². The SMILES string of the molecule is CNC(C)c1ccc(OCc2cc(C)ccc2C)c(Cl)c1. The lowest BCUT2D eigenvalue weighted by Gasteiger charge is -2.14. The maximum atomic E-state index is 6.31. The largest absolute Gasteiger partial charge is 0.487 e. The molecule has 1 atom stereocenters. The predicted molar refractivity (Wildman–Crippen MR) is 89.2 cm³/mol. The quantitative estimate of drug-likeness (QED) is 0.855. The van der Waals surface area contributed by atoms with Crippen LogP contribution in [0, 0.1) is 13.8 Å². The van der Waals surface area contributed by atoms with Crippen LogP contribution in [0.1, 0.15) is 35.2 Å². The lowest BCUT2D eigenvalue weighted by molar-refractivity contribution is 0.305. The second-order valence-electron chi connectivity index (χ2n) is 5.42. The number of benzene rings is 2. The van der Waals surface area contributed by atoms with Gasteiger partial charge in [-0.2, -0.15) is 0 Å². The molecule has 0 aliphatic heterocycles. The zero-order valence-electron chi connectivity index (χ0n) is 13.0. The number of hydrogen-bond donors (Lipinski definition) is 1. The Labute approximate surface area is 132 Å². The molecule has 112 valence electrons. The van der Waals surface area contributed by atoms with Gasteiger partial charge in [0.15, 0.2) is 0 Å². The Kier molecular flexibility index (Phi) is 5.27. The molecule has 0 amide bonds. The molecular formula is C18H22ClNO. The molecule has 2 aromatic rings. The predicted octanol–water partition coefficient (Wildman–Crippen LogP) is 4.82. The maximum Gasteiger partial charge on any atom is 0.138 e. The Morgan fingerprint density at radius 1 is 1.14 bits per heavy atom. The Morgan fingerprint density at radius 2 is 1.90 bits per heavy atom. The van der Waals surface area contributed by atoms with Gasteiger partial charge in [-0.15, -0.1) is 0 Å². The zero-order chi connectivity index (χ0) is 15.4. The Bertz CT molecular complexity index is 625. The molecule has 0 heterocycles. The maximum absolute atomic E-state index is 6.31. The highest BCUT2D eigenvalue weighted by atomic mass is 35.5. The highest BCUT2D eigenvalue weighted by molar-refractivity contribution is 6.32. The van der Waals surface area contributed by atoms with Gasteiger partial charge in [0.2, 0.25) is 0 Å². The van der Waals surface area contributed by atoms with E-state index in [4.69, 9.17) is 16.3 Å². The number of aryl methyl sites for hydroxylation is 2. The monoisotopic (exact) mass is 303 g/mol. The lowest BCUT2D eigenvalue weighted by atomic mass is 10.1. The van der Waals surface area contributed by atoms with Crippen LogP contribution in [0.2, 0.25) is 5.02 Å². The van der Waals surface area contributed by atoms with Crippen molar-refractivity contribution < 1.29 is 4.74 Å². The van der Waals surface area contributed by atoms with E-state index in [1.165, 1.54) is 16.7 Å². The van der Waals surface area contributed by atoms with Gasteiger partial charge in [-0.1, -0.05) is 41.4 Å². The van der Waals surface area contributed by atoms with Crippen molar-refractivity contribution in [1.29, 1.82) is 0 Å². The summed E-state index contributed by atoms with van der Waals surface area (Å²) in [5, 5.41) is 3.85. The zero-order valence-corrected chi connectivity index (χ0v) is 13.8. The summed E-state index contributed by atoms with van der Waals surface area (Å²) in [4.78, 5) is 0. The molecule has 0 saturated carbocycles. The van der Waals surface area contributed by atoms with Crippen molar-refractivity contribution in [1.82, 2.24) is 5.32 Å². The van der Waals surface area contributed by atoms with Gasteiger partial charge in [-0.25, -0.2) is 0 Å². The fourth-order valence-corrected chi connectivity index (χ4v) is 2.42. The van der Waals surface area contributed by atoms with Crippen LogP contribution in [0.3, 0.4) is 0 Å². The molecule has 2 aromatic carbocycles. The average Bonchev–Trinajstić information content (AvgIpc) is 2.48. The van der Waals surface area contributed by atoms with Crippen molar-refractivity contribution in [3.8, 4) is 5.75 Å². The number of ether oxygens (including phenoxy) is 1. The molecule has 0 aliphatic carbocycles. The first kappa shape index (κ1) is 15.9. The summed E-state index contributed by atoms with van der Waals surface area (Å²) in [6, 6.07) is 12.6. The lowest BCUT2D eigenvalue weighted by Crippen LogP contribution is -2.12. The van der Waals surface area contributed by atoms with Crippen LogP contribution < -0.4 is 10.1 Å². The number of rotatable bonds is 5. The summed E-state index contributed by atoms with van der Waals surface area (Å²) in [5.41, 5.74) is 4.82. The van der Waals surface area contributed by atoms with Crippen molar-refractivity contribution >= 4 is 11.6 Å². The van der Waals surface area contributed by atoms with E-state index in [0.717, 1.165) is 11.3 Å². The van der Waals surface area contributed by atoms with E-state index in [2.05, 4.69) is 44.3 Å². The fraction of sp³-hybridized carbons (Fsp3) is 0.333. The van der Waals surface area contributed by atoms with E-state index in [9.17, 15) is 0 Å². The Hall–Kier alpha value is -1.51. The molecule has 1 unspecified atom stereocenters. The van der Waals surface area contributed by atoms with Gasteiger partial charge >= 0.3 is 0 Å². The molecule has 21 heavy (non-hydrogen) atoms. The number of hydrogen-bond acceptors (Lipinski definition) is 2. The molecule has 0 spiro atoms. The topological polar surface area (TPSA) is 21.3 Å². The highest BCUT2D eigenvalue weighted by Crippen LogP contribution is 2.28. The van der Waals surface area contributed by atoms with Crippen LogP contribution in [0.5, 0.6) is 5.75 Å². The van der Waals surface area contributed by atoms with E-state index >= 15 is 0 Å². The molecule has 0 bridgehead atoms. The molecule has 0 fully saturated rings. The third-order valence-electron chi connectivity index (χ3n) is 3.78. The van der Waals surface area contributed by atoms with Gasteiger partial charge < -0.3 is 10.1 Å². The van der Waals surface area contributed by atoms with Crippen LogP contribution in [0.4, 0.5) is 0 Å². The molecular weight excluding hydrogens is 282 g/mol. The van der Waals surface area contributed by atoms with Crippen molar-refractivity contribution in [2.75, 3.05) is 7.05 Å². The molecule has 0 radical (unpaired) electrons. The first-order chi connectivity index (χ1) is 10.0. The second-order valence-corrected chi connectivity index (χ2v) is 5.83. The minimum absolute atomic E-state index is 0.274. The molecule has 0 aliphatic rings. The van der Waals surface area contributed by atoms with E-state index in [-0.39, 0.29) is 6.04 Å². The normalized spacial score (nSPS) is 12.2. The third kappa shape index (κ3) is 3.99. The van der Waals surface area contributed by atoms with Gasteiger partial charge in [0.1, 0.15) is 12.4 Å². The molecule has 2 rings (SSSR count). The Balaban J connectivity index is 2.11. The average molecular weight is 304 g/mol. The van der Waals surface area contributed by atoms with Gasteiger partial charge in [0, 0.05) is 6.04 Å². The summed E-state index contributed by atoms with van der Waals surface area (Å²) in [6.45, 7) is 6.82. The second kappa shape index (κ2) is 6.97. The summed E-state index contributed by atoms with van der Waals surface area (Å²) >= 11 is 6.31. The van der Waals surface area contributed by atoms with Crippen molar-refractivity contribution in [3.05, 3.63) is 63.7 Å². The van der Waals surface area contributed by atoms with Crippen LogP contribution in [-0.4, -0.2) is 7.05 Å². The molecule has 2 nitrogen and oxygen atoms in total. The van der Waals surface area contributed by atoms with Crippen molar-refractivity contribution in [2.24, 2.45) is 0 Å². The Morgan fingerprint density at radius 3 is 2.57 bits per heavy atom. The fourth-order valence-electron chi connectivity index (χ4n) is 2.18. The highest BCUT2D eigenvalue weighted by Gasteiger charge is 2.08. The summed E-state index contributed by atoms with van der Waals surface area (Å²) in [7, 11) is 1.93. The third-order valence-corrected chi connectivity index (χ3v) is 4.07. The van der Waals surface area contributed by atoms with Crippen LogP contribution in [-0.2, 0) is 6.61 Å². The van der Waals surface area contributed by atoms with E-state index < -0.39 is 0 Å². The molecule has 1 N–H and O–H groups in total. The van der Waals surface area contributed by atoms with Gasteiger partial charge in [-0.05, 0) is 56.6 Å². The molecule has 3 heteroatoms. The smallest absolute Gasteiger partial charge is 0.138 e. The first-order valence-electron chi connectivity index (χ1n) is 7.17. The summed E-state index contributed by atoms with van der Waals surface area (Å²) in [5.74, 6) is 0.727. The van der Waals surface area contributed by atoms with Crippen LogP contribution in [0.25, 0.3) is 0 Å². The van der Waals surface area contributed by atoms with Gasteiger partial charge in [-0.3, -0.25) is 0 Å².